The van der Waals surface area contributed by atoms with Gasteiger partial charge in [0.05, 0.1) is 16.9 Å². The Morgan fingerprint density at radius 2 is 1.26 bits per heavy atom. The SMILES string of the molecule is O.O=C(O)c1ccc(/N=N/c2ccc(O)cc2)cc1. The zero-order chi connectivity index (χ0) is 13.0. The molecule has 0 aromatic heterocycles. The molecule has 2 rings (SSSR count). The van der Waals surface area contributed by atoms with E-state index in [0.29, 0.717) is 11.4 Å². The number of hydrogen-bond donors (Lipinski definition) is 2. The van der Waals surface area contributed by atoms with E-state index in [4.69, 9.17) is 10.2 Å². The maximum absolute atomic E-state index is 10.6. The number of phenolic OH excluding ortho intramolecular Hbond substituents is 1. The number of benzene rings is 2. The predicted octanol–water partition coefficient (Wildman–Crippen LogP) is 2.68. The molecule has 0 unspecified atom stereocenters. The maximum atomic E-state index is 10.6. The van der Waals surface area contributed by atoms with Crippen LogP contribution in [0.1, 0.15) is 10.4 Å². The van der Waals surface area contributed by atoms with Crippen molar-refractivity contribution in [3.05, 3.63) is 54.1 Å². The number of carboxylic acids is 1. The molecule has 0 spiro atoms. The van der Waals surface area contributed by atoms with Gasteiger partial charge in [0.15, 0.2) is 0 Å². The molecule has 0 saturated carbocycles. The number of rotatable bonds is 3. The van der Waals surface area contributed by atoms with Gasteiger partial charge in [0, 0.05) is 0 Å². The van der Waals surface area contributed by atoms with Gasteiger partial charge in [-0.1, -0.05) is 0 Å². The first-order valence-electron chi connectivity index (χ1n) is 5.19. The zero-order valence-electron chi connectivity index (χ0n) is 9.82. The number of phenols is 1. The predicted molar refractivity (Wildman–Crippen MR) is 69.3 cm³/mol. The third-order valence-electron chi connectivity index (χ3n) is 2.24. The largest absolute Gasteiger partial charge is 0.508 e. The molecule has 0 atom stereocenters. The molecule has 0 aliphatic carbocycles. The quantitative estimate of drug-likeness (QED) is 0.826. The van der Waals surface area contributed by atoms with Crippen LogP contribution in [0.5, 0.6) is 5.75 Å². The Kier molecular flexibility index (Phi) is 4.73. The summed E-state index contributed by atoms with van der Waals surface area (Å²) in [4.78, 5) is 10.6. The highest BCUT2D eigenvalue weighted by Crippen LogP contribution is 2.20. The lowest BCUT2D eigenvalue weighted by atomic mass is 10.2. The van der Waals surface area contributed by atoms with Crippen molar-refractivity contribution in [3.63, 3.8) is 0 Å². The molecule has 0 fully saturated rings. The van der Waals surface area contributed by atoms with Crippen molar-refractivity contribution in [2.24, 2.45) is 10.2 Å². The molecule has 2 aromatic rings. The van der Waals surface area contributed by atoms with Gasteiger partial charge in [-0.2, -0.15) is 10.2 Å². The Balaban J connectivity index is 0.00000180. The summed E-state index contributed by atoms with van der Waals surface area (Å²) < 4.78 is 0. The minimum atomic E-state index is -0.975. The molecule has 2 aromatic carbocycles. The van der Waals surface area contributed by atoms with Crippen LogP contribution < -0.4 is 0 Å². The Labute approximate surface area is 109 Å². The minimum Gasteiger partial charge on any atom is -0.508 e. The second-order valence-corrected chi connectivity index (χ2v) is 3.57. The first-order valence-corrected chi connectivity index (χ1v) is 5.19. The van der Waals surface area contributed by atoms with E-state index in [2.05, 4.69) is 10.2 Å². The summed E-state index contributed by atoms with van der Waals surface area (Å²) in [7, 11) is 0. The van der Waals surface area contributed by atoms with E-state index in [0.717, 1.165) is 0 Å². The minimum absolute atomic E-state index is 0. The number of carboxylic acid groups (broad SMARTS) is 1. The van der Waals surface area contributed by atoms with Crippen LogP contribution >= 0.6 is 0 Å². The van der Waals surface area contributed by atoms with Gasteiger partial charge in [-0.3, -0.25) is 0 Å². The van der Waals surface area contributed by atoms with Crippen molar-refractivity contribution in [1.29, 1.82) is 0 Å². The van der Waals surface area contributed by atoms with Crippen LogP contribution in [0.4, 0.5) is 11.4 Å². The lowest BCUT2D eigenvalue weighted by molar-refractivity contribution is 0.0697. The van der Waals surface area contributed by atoms with E-state index in [9.17, 15) is 4.79 Å². The van der Waals surface area contributed by atoms with Crippen LogP contribution in [0, 0.1) is 0 Å². The lowest BCUT2D eigenvalue weighted by Crippen LogP contribution is -1.93. The standard InChI is InChI=1S/C13H10N2O3.H2O/c16-12-7-5-11(6-8-12)15-14-10-3-1-9(2-4-10)13(17)18;/h1-8,16H,(H,17,18);1H2/b15-14+;. The lowest BCUT2D eigenvalue weighted by Gasteiger charge is -1.95. The molecular formula is C13H12N2O4. The number of aromatic carboxylic acids is 1. The van der Waals surface area contributed by atoms with Crippen LogP contribution in [0.2, 0.25) is 0 Å². The van der Waals surface area contributed by atoms with Crippen LogP contribution in [0.25, 0.3) is 0 Å². The van der Waals surface area contributed by atoms with Crippen LogP contribution in [0.3, 0.4) is 0 Å². The number of carbonyl (C=O) groups is 1. The monoisotopic (exact) mass is 260 g/mol. The summed E-state index contributed by atoms with van der Waals surface area (Å²) in [6.45, 7) is 0. The summed E-state index contributed by atoms with van der Waals surface area (Å²) in [6, 6.07) is 12.4. The Hall–Kier alpha value is -2.73. The highest BCUT2D eigenvalue weighted by Gasteiger charge is 2.00. The third-order valence-corrected chi connectivity index (χ3v) is 2.24. The molecule has 0 aliphatic heterocycles. The number of azo groups is 1. The molecule has 0 saturated heterocycles. The van der Waals surface area contributed by atoms with Crippen molar-refractivity contribution in [2.45, 2.75) is 0 Å². The van der Waals surface area contributed by atoms with Gasteiger partial charge in [0.25, 0.3) is 0 Å². The van der Waals surface area contributed by atoms with Crippen LogP contribution in [0.15, 0.2) is 58.8 Å². The van der Waals surface area contributed by atoms with Crippen LogP contribution in [-0.2, 0) is 0 Å². The summed E-state index contributed by atoms with van der Waals surface area (Å²) in [6.07, 6.45) is 0. The highest BCUT2D eigenvalue weighted by molar-refractivity contribution is 5.87. The number of nitrogens with zero attached hydrogens (tertiary/aromatic N) is 2. The summed E-state index contributed by atoms with van der Waals surface area (Å²) in [5, 5.41) is 25.7. The average Bonchev–Trinajstić information content (AvgIpc) is 2.38. The fourth-order valence-corrected chi connectivity index (χ4v) is 1.31. The van der Waals surface area contributed by atoms with Crippen molar-refractivity contribution >= 4 is 17.3 Å². The van der Waals surface area contributed by atoms with E-state index in [1.54, 1.807) is 24.3 Å². The number of aromatic hydroxyl groups is 1. The number of hydrogen-bond acceptors (Lipinski definition) is 4. The average molecular weight is 260 g/mol. The van der Waals surface area contributed by atoms with Crippen molar-refractivity contribution in [1.82, 2.24) is 0 Å². The second kappa shape index (κ2) is 6.27. The van der Waals surface area contributed by atoms with Gasteiger partial charge < -0.3 is 15.7 Å². The molecule has 4 N–H and O–H groups in total. The molecule has 0 amide bonds. The van der Waals surface area contributed by atoms with Crippen molar-refractivity contribution < 1.29 is 20.5 Å². The first kappa shape index (κ1) is 14.3. The molecule has 0 heterocycles. The van der Waals surface area contributed by atoms with E-state index in [1.807, 2.05) is 0 Å². The molecule has 98 valence electrons. The van der Waals surface area contributed by atoms with Gasteiger partial charge in [-0.25, -0.2) is 4.79 Å². The molecule has 6 heteroatoms. The first-order chi connectivity index (χ1) is 8.65. The van der Waals surface area contributed by atoms with Gasteiger partial charge in [0.2, 0.25) is 0 Å². The van der Waals surface area contributed by atoms with Crippen molar-refractivity contribution in [3.8, 4) is 5.75 Å². The normalized spacial score (nSPS) is 10.1. The van der Waals surface area contributed by atoms with E-state index < -0.39 is 5.97 Å². The topological polar surface area (TPSA) is 114 Å². The van der Waals surface area contributed by atoms with Gasteiger partial charge in [-0.05, 0) is 48.5 Å². The Morgan fingerprint density at radius 3 is 1.68 bits per heavy atom. The van der Waals surface area contributed by atoms with Crippen LogP contribution in [-0.4, -0.2) is 21.7 Å². The molecule has 19 heavy (non-hydrogen) atoms. The van der Waals surface area contributed by atoms with Gasteiger partial charge >= 0.3 is 5.97 Å². The Bertz CT molecular complexity index is 577. The smallest absolute Gasteiger partial charge is 0.335 e. The van der Waals surface area contributed by atoms with Gasteiger partial charge in [-0.15, -0.1) is 0 Å². The zero-order valence-corrected chi connectivity index (χ0v) is 9.82. The summed E-state index contributed by atoms with van der Waals surface area (Å²) >= 11 is 0. The summed E-state index contributed by atoms with van der Waals surface area (Å²) in [5.41, 5.74) is 1.38. The Morgan fingerprint density at radius 1 is 0.842 bits per heavy atom. The highest BCUT2D eigenvalue weighted by atomic mass is 16.4. The van der Waals surface area contributed by atoms with Crippen molar-refractivity contribution in [2.75, 3.05) is 0 Å². The van der Waals surface area contributed by atoms with E-state index in [-0.39, 0.29) is 16.8 Å². The molecule has 0 bridgehead atoms. The van der Waals surface area contributed by atoms with E-state index in [1.165, 1.54) is 24.3 Å². The fourth-order valence-electron chi connectivity index (χ4n) is 1.31. The van der Waals surface area contributed by atoms with E-state index >= 15 is 0 Å². The maximum Gasteiger partial charge on any atom is 0.335 e. The molecule has 6 nitrogen and oxygen atoms in total. The summed E-state index contributed by atoms with van der Waals surface area (Å²) in [5.74, 6) is -0.809. The molecular weight excluding hydrogens is 248 g/mol. The molecule has 0 aliphatic rings. The third kappa shape index (κ3) is 3.90. The fraction of sp³-hybridized carbons (Fsp3) is 0. The molecule has 0 radical (unpaired) electrons. The second-order valence-electron chi connectivity index (χ2n) is 3.57. The van der Waals surface area contributed by atoms with Gasteiger partial charge in [0.1, 0.15) is 5.75 Å².